The van der Waals surface area contributed by atoms with Crippen LogP contribution >= 0.6 is 0 Å². The first-order chi connectivity index (χ1) is 10.0. The highest BCUT2D eigenvalue weighted by Gasteiger charge is 2.07. The number of carboxylic acids is 1. The van der Waals surface area contributed by atoms with Gasteiger partial charge in [-0.25, -0.2) is 4.79 Å². The van der Waals surface area contributed by atoms with Gasteiger partial charge in [-0.15, -0.1) is 0 Å². The van der Waals surface area contributed by atoms with Crippen LogP contribution in [0.15, 0.2) is 36.7 Å². The van der Waals surface area contributed by atoms with Gasteiger partial charge in [0.25, 0.3) is 0 Å². The number of aryl methyl sites for hydroxylation is 1. The maximum Gasteiger partial charge on any atom is 0.335 e. The molecule has 6 nitrogen and oxygen atoms in total. The normalized spacial score (nSPS) is 10.3. The zero-order valence-corrected chi connectivity index (χ0v) is 11.7. The lowest BCUT2D eigenvalue weighted by Gasteiger charge is -2.05. The Balaban J connectivity index is 1.81. The lowest BCUT2D eigenvalue weighted by Crippen LogP contribution is -2.27. The number of carboxylic acid groups (broad SMARTS) is 1. The van der Waals surface area contributed by atoms with E-state index in [0.29, 0.717) is 12.1 Å². The van der Waals surface area contributed by atoms with Crippen molar-refractivity contribution in [2.24, 2.45) is 7.05 Å². The van der Waals surface area contributed by atoms with Crippen LogP contribution in [0.2, 0.25) is 0 Å². The van der Waals surface area contributed by atoms with Crippen molar-refractivity contribution in [3.8, 4) is 0 Å². The minimum atomic E-state index is -0.992. The van der Waals surface area contributed by atoms with Gasteiger partial charge in [-0.3, -0.25) is 9.48 Å². The van der Waals surface area contributed by atoms with E-state index in [-0.39, 0.29) is 17.9 Å². The predicted molar refractivity (Wildman–Crippen MR) is 77.0 cm³/mol. The van der Waals surface area contributed by atoms with Gasteiger partial charge < -0.3 is 10.4 Å². The molecular weight excluding hydrogens is 270 g/mol. The van der Waals surface area contributed by atoms with E-state index in [0.717, 1.165) is 12.0 Å². The minimum Gasteiger partial charge on any atom is -0.478 e. The van der Waals surface area contributed by atoms with Gasteiger partial charge in [-0.2, -0.15) is 5.10 Å². The van der Waals surface area contributed by atoms with Crippen LogP contribution in [-0.2, 0) is 24.7 Å². The van der Waals surface area contributed by atoms with Crippen molar-refractivity contribution in [3.05, 3.63) is 53.3 Å². The van der Waals surface area contributed by atoms with Crippen LogP contribution in [0.1, 0.15) is 21.5 Å². The summed E-state index contributed by atoms with van der Waals surface area (Å²) in [5.41, 5.74) is 1.94. The molecule has 2 rings (SSSR count). The van der Waals surface area contributed by atoms with Crippen molar-refractivity contribution in [2.45, 2.75) is 12.8 Å². The predicted octanol–water partition coefficient (Wildman–Crippen LogP) is 1.02. The zero-order valence-electron chi connectivity index (χ0n) is 11.7. The Kier molecular flexibility index (Phi) is 4.71. The standard InChI is InChI=1S/C15H17N3O3/c1-18-10-12(9-17-18)5-6-16-14(19)8-11-3-2-4-13(7-11)15(20)21/h2-4,7,9-10H,5-6,8H2,1H3,(H,16,19)(H,20,21). The second kappa shape index (κ2) is 6.69. The van der Waals surface area contributed by atoms with Crippen molar-refractivity contribution < 1.29 is 14.7 Å². The molecule has 0 radical (unpaired) electrons. The number of nitrogens with one attached hydrogen (secondary N) is 1. The van der Waals surface area contributed by atoms with E-state index in [2.05, 4.69) is 10.4 Å². The van der Waals surface area contributed by atoms with Gasteiger partial charge in [0.15, 0.2) is 0 Å². The number of nitrogens with zero attached hydrogens (tertiary/aromatic N) is 2. The Hall–Kier alpha value is -2.63. The second-order valence-electron chi connectivity index (χ2n) is 4.80. The van der Waals surface area contributed by atoms with Crippen LogP contribution in [0.3, 0.4) is 0 Å². The van der Waals surface area contributed by atoms with Crippen molar-refractivity contribution in [3.63, 3.8) is 0 Å². The fourth-order valence-corrected chi connectivity index (χ4v) is 2.01. The molecule has 21 heavy (non-hydrogen) atoms. The van der Waals surface area contributed by atoms with Crippen LogP contribution in [0, 0.1) is 0 Å². The number of hydrogen-bond donors (Lipinski definition) is 2. The highest BCUT2D eigenvalue weighted by molar-refractivity contribution is 5.88. The summed E-state index contributed by atoms with van der Waals surface area (Å²) in [5.74, 6) is -1.12. The topological polar surface area (TPSA) is 84.2 Å². The Labute approximate surface area is 122 Å². The fourth-order valence-electron chi connectivity index (χ4n) is 2.01. The third-order valence-electron chi connectivity index (χ3n) is 3.03. The summed E-state index contributed by atoms with van der Waals surface area (Å²) in [4.78, 5) is 22.7. The molecule has 6 heteroatoms. The monoisotopic (exact) mass is 287 g/mol. The lowest BCUT2D eigenvalue weighted by molar-refractivity contribution is -0.120. The largest absolute Gasteiger partial charge is 0.478 e. The van der Waals surface area contributed by atoms with Gasteiger partial charge in [-0.1, -0.05) is 12.1 Å². The summed E-state index contributed by atoms with van der Waals surface area (Å²) < 4.78 is 1.72. The molecule has 0 fully saturated rings. The minimum absolute atomic E-state index is 0.124. The molecule has 1 heterocycles. The molecule has 0 spiro atoms. The molecule has 0 aliphatic heterocycles. The molecule has 2 aromatic rings. The number of aromatic carboxylic acids is 1. The highest BCUT2D eigenvalue weighted by atomic mass is 16.4. The lowest BCUT2D eigenvalue weighted by atomic mass is 10.1. The Morgan fingerprint density at radius 1 is 1.33 bits per heavy atom. The summed E-state index contributed by atoms with van der Waals surface area (Å²) in [5, 5.41) is 15.8. The number of rotatable bonds is 6. The van der Waals surface area contributed by atoms with E-state index in [9.17, 15) is 9.59 Å². The molecule has 0 aliphatic rings. The number of benzene rings is 1. The highest BCUT2D eigenvalue weighted by Crippen LogP contribution is 2.06. The zero-order chi connectivity index (χ0) is 15.2. The molecule has 2 N–H and O–H groups in total. The molecule has 1 amide bonds. The molecule has 110 valence electrons. The van der Waals surface area contributed by atoms with Crippen LogP contribution in [0.4, 0.5) is 0 Å². The number of carbonyl (C=O) groups excluding carboxylic acids is 1. The van der Waals surface area contributed by atoms with Crippen LogP contribution in [0.5, 0.6) is 0 Å². The molecule has 0 atom stereocenters. The smallest absolute Gasteiger partial charge is 0.335 e. The van der Waals surface area contributed by atoms with Crippen LogP contribution in [-0.4, -0.2) is 33.3 Å². The molecule has 0 unspecified atom stereocenters. The summed E-state index contributed by atoms with van der Waals surface area (Å²) >= 11 is 0. The summed E-state index contributed by atoms with van der Waals surface area (Å²) in [6.45, 7) is 0.531. The average Bonchev–Trinajstić information content (AvgIpc) is 2.84. The maximum atomic E-state index is 11.8. The van der Waals surface area contributed by atoms with Gasteiger partial charge in [0.1, 0.15) is 0 Å². The summed E-state index contributed by atoms with van der Waals surface area (Å²) in [6, 6.07) is 6.41. The van der Waals surface area contributed by atoms with Crippen molar-refractivity contribution >= 4 is 11.9 Å². The SMILES string of the molecule is Cn1cc(CCNC(=O)Cc2cccc(C(=O)O)c2)cn1. The van der Waals surface area contributed by atoms with Crippen molar-refractivity contribution in [1.29, 1.82) is 0 Å². The van der Waals surface area contributed by atoms with Gasteiger partial charge in [0.2, 0.25) is 5.91 Å². The number of hydrogen-bond acceptors (Lipinski definition) is 3. The Morgan fingerprint density at radius 3 is 2.81 bits per heavy atom. The van der Waals surface area contributed by atoms with Gasteiger partial charge in [0.05, 0.1) is 18.2 Å². The Morgan fingerprint density at radius 2 is 2.14 bits per heavy atom. The summed E-state index contributed by atoms with van der Waals surface area (Å²) in [7, 11) is 1.84. The fraction of sp³-hybridized carbons (Fsp3) is 0.267. The third-order valence-corrected chi connectivity index (χ3v) is 3.03. The van der Waals surface area contributed by atoms with E-state index >= 15 is 0 Å². The van der Waals surface area contributed by atoms with Crippen molar-refractivity contribution in [2.75, 3.05) is 6.54 Å². The van der Waals surface area contributed by atoms with Crippen molar-refractivity contribution in [1.82, 2.24) is 15.1 Å². The molecule has 0 saturated carbocycles. The molecule has 1 aromatic carbocycles. The van der Waals surface area contributed by atoms with Gasteiger partial charge >= 0.3 is 5.97 Å². The first-order valence-electron chi connectivity index (χ1n) is 6.61. The van der Waals surface area contributed by atoms with E-state index in [4.69, 9.17) is 5.11 Å². The average molecular weight is 287 g/mol. The third kappa shape index (κ3) is 4.45. The van der Waals surface area contributed by atoms with Gasteiger partial charge in [0, 0.05) is 19.8 Å². The van der Waals surface area contributed by atoms with Gasteiger partial charge in [-0.05, 0) is 29.7 Å². The molecule has 0 saturated heterocycles. The first kappa shape index (κ1) is 14.8. The quantitative estimate of drug-likeness (QED) is 0.830. The molecule has 0 bridgehead atoms. The van der Waals surface area contributed by atoms with E-state index in [1.807, 2.05) is 13.2 Å². The molecule has 1 aromatic heterocycles. The van der Waals surface area contributed by atoms with E-state index < -0.39 is 5.97 Å². The second-order valence-corrected chi connectivity index (χ2v) is 4.80. The van der Waals surface area contributed by atoms with E-state index in [1.165, 1.54) is 12.1 Å². The Bertz CT molecular complexity index is 649. The van der Waals surface area contributed by atoms with E-state index in [1.54, 1.807) is 23.0 Å². The number of aromatic nitrogens is 2. The maximum absolute atomic E-state index is 11.8. The number of amides is 1. The molecule has 0 aliphatic carbocycles. The van der Waals surface area contributed by atoms with Crippen LogP contribution in [0.25, 0.3) is 0 Å². The number of carbonyl (C=O) groups is 2. The first-order valence-corrected chi connectivity index (χ1v) is 6.61. The summed E-state index contributed by atoms with van der Waals surface area (Å²) in [6.07, 6.45) is 4.56. The van der Waals surface area contributed by atoms with Crippen LogP contribution < -0.4 is 5.32 Å². The molecular formula is C15H17N3O3.